The van der Waals surface area contributed by atoms with Gasteiger partial charge in [0.05, 0.1) is 0 Å². The summed E-state index contributed by atoms with van der Waals surface area (Å²) in [6, 6.07) is 0. The summed E-state index contributed by atoms with van der Waals surface area (Å²) in [5.41, 5.74) is 0. The first-order chi connectivity index (χ1) is 7.74. The highest BCUT2D eigenvalue weighted by molar-refractivity contribution is 8.38. The number of thioether (sulfide) groups is 2. The molecule has 0 spiro atoms. The maximum absolute atomic E-state index is 4.35. The van der Waals surface area contributed by atoms with E-state index >= 15 is 0 Å². The predicted molar refractivity (Wildman–Crippen MR) is 74.1 cm³/mol. The molecule has 0 aliphatic carbocycles. The maximum atomic E-state index is 4.35. The Kier molecular flexibility index (Phi) is 5.68. The minimum Gasteiger partial charge on any atom is -0.340 e. The molecular weight excluding hydrogens is 242 g/mol. The molecule has 5 nitrogen and oxygen atoms in total. The van der Waals surface area contributed by atoms with E-state index in [4.69, 9.17) is 0 Å². The zero-order chi connectivity index (χ0) is 12.0. The molecule has 90 valence electrons. The molecule has 7 heteroatoms. The first kappa shape index (κ1) is 13.4. The van der Waals surface area contributed by atoms with Crippen LogP contribution >= 0.6 is 23.5 Å². The Morgan fingerprint density at radius 1 is 1.31 bits per heavy atom. The molecule has 0 fully saturated rings. The number of hydrogen-bond donors (Lipinski definition) is 1. The molecular formula is C9H17N5S2. The molecule has 0 atom stereocenters. The van der Waals surface area contributed by atoms with Crippen LogP contribution in [0.25, 0.3) is 0 Å². The molecule has 0 amide bonds. The van der Waals surface area contributed by atoms with Crippen LogP contribution in [-0.2, 0) is 0 Å². The molecule has 1 aromatic rings. The first-order valence-corrected chi connectivity index (χ1v) is 7.54. The van der Waals surface area contributed by atoms with Crippen LogP contribution < -0.4 is 4.90 Å². The third-order valence-electron chi connectivity index (χ3n) is 2.05. The summed E-state index contributed by atoms with van der Waals surface area (Å²) in [7, 11) is 0. The highest BCUT2D eigenvalue weighted by Gasteiger charge is 2.08. The quantitative estimate of drug-likeness (QED) is 0.664. The average Bonchev–Trinajstić information content (AvgIpc) is 2.76. The van der Waals surface area contributed by atoms with Gasteiger partial charge in [-0.1, -0.05) is 0 Å². The van der Waals surface area contributed by atoms with Crippen LogP contribution in [0.3, 0.4) is 0 Å². The van der Waals surface area contributed by atoms with Crippen LogP contribution in [0.4, 0.5) is 11.9 Å². The van der Waals surface area contributed by atoms with E-state index in [-0.39, 0.29) is 0 Å². The summed E-state index contributed by atoms with van der Waals surface area (Å²) >= 11 is 3.21. The summed E-state index contributed by atoms with van der Waals surface area (Å²) in [6.07, 6.45) is 3.99. The smallest absolute Gasteiger partial charge is 0.248 e. The maximum Gasteiger partial charge on any atom is 0.248 e. The number of H-pyrrole nitrogens is 1. The number of rotatable bonds is 4. The second-order valence-corrected chi connectivity index (χ2v) is 4.77. The fraction of sp³-hybridized carbons (Fsp3) is 0.667. The van der Waals surface area contributed by atoms with Gasteiger partial charge in [-0.3, -0.25) is 0 Å². The van der Waals surface area contributed by atoms with Crippen molar-refractivity contribution in [2.24, 2.45) is 4.99 Å². The van der Waals surface area contributed by atoms with Crippen molar-refractivity contribution >= 4 is 39.8 Å². The minimum absolute atomic E-state index is 0.570. The Balaban J connectivity index is 2.82. The van der Waals surface area contributed by atoms with E-state index in [9.17, 15) is 0 Å². The monoisotopic (exact) mass is 259 g/mol. The molecule has 0 radical (unpaired) electrons. The Hall–Kier alpha value is -0.690. The van der Waals surface area contributed by atoms with Gasteiger partial charge in [-0.05, 0) is 26.4 Å². The molecule has 0 saturated carbocycles. The van der Waals surface area contributed by atoms with Gasteiger partial charge in [0.2, 0.25) is 11.9 Å². The largest absolute Gasteiger partial charge is 0.340 e. The van der Waals surface area contributed by atoms with Crippen molar-refractivity contribution in [3.63, 3.8) is 0 Å². The molecule has 0 aromatic carbocycles. The molecule has 1 rings (SSSR count). The van der Waals surface area contributed by atoms with Crippen LogP contribution in [0.2, 0.25) is 0 Å². The number of nitrogens with zero attached hydrogens (tertiary/aromatic N) is 4. The SMILES string of the molecule is CCN(CC)c1n[nH]c(N=C(SC)SC)n1. The highest BCUT2D eigenvalue weighted by atomic mass is 32.2. The molecule has 1 aromatic heterocycles. The number of nitrogens with one attached hydrogen (secondary N) is 1. The van der Waals surface area contributed by atoms with Gasteiger partial charge in [0.25, 0.3) is 0 Å². The van der Waals surface area contributed by atoms with E-state index in [1.165, 1.54) is 0 Å². The fourth-order valence-electron chi connectivity index (χ4n) is 1.20. The average molecular weight is 259 g/mol. The molecule has 0 saturated heterocycles. The summed E-state index contributed by atoms with van der Waals surface area (Å²) in [5, 5.41) is 6.98. The van der Waals surface area contributed by atoms with Gasteiger partial charge in [-0.25, -0.2) is 5.10 Å². The van der Waals surface area contributed by atoms with Crippen molar-refractivity contribution in [1.29, 1.82) is 0 Å². The molecule has 0 unspecified atom stereocenters. The summed E-state index contributed by atoms with van der Waals surface area (Å²) < 4.78 is 0.974. The van der Waals surface area contributed by atoms with Crippen LogP contribution in [-0.4, -0.2) is 45.2 Å². The first-order valence-electron chi connectivity index (χ1n) is 5.09. The standard InChI is InChI=1S/C9H17N5S2/c1-5-14(6-2)8-10-7(12-13-8)11-9(15-3)16-4/h5-6H2,1-4H3,(H,10,12,13). The number of aromatic amines is 1. The van der Waals surface area contributed by atoms with E-state index in [1.54, 1.807) is 23.5 Å². The van der Waals surface area contributed by atoms with Crippen molar-refractivity contribution in [2.45, 2.75) is 13.8 Å². The van der Waals surface area contributed by atoms with Gasteiger partial charge in [-0.15, -0.1) is 28.6 Å². The molecule has 0 bridgehead atoms. The second-order valence-electron chi connectivity index (χ2n) is 2.92. The van der Waals surface area contributed by atoms with Crippen LogP contribution in [0.15, 0.2) is 4.99 Å². The zero-order valence-corrected chi connectivity index (χ0v) is 11.7. The Labute approximate surface area is 105 Å². The van der Waals surface area contributed by atoms with E-state index in [1.807, 2.05) is 12.5 Å². The Morgan fingerprint density at radius 3 is 2.44 bits per heavy atom. The third kappa shape index (κ3) is 3.41. The van der Waals surface area contributed by atoms with Crippen LogP contribution in [0.5, 0.6) is 0 Å². The topological polar surface area (TPSA) is 57.2 Å². The Morgan fingerprint density at radius 2 is 1.94 bits per heavy atom. The van der Waals surface area contributed by atoms with E-state index in [0.717, 1.165) is 17.5 Å². The Bertz CT molecular complexity index is 339. The van der Waals surface area contributed by atoms with E-state index < -0.39 is 0 Å². The van der Waals surface area contributed by atoms with Gasteiger partial charge in [0.1, 0.15) is 4.38 Å². The molecule has 0 aliphatic heterocycles. The lowest BCUT2D eigenvalue weighted by atomic mass is 10.5. The molecule has 16 heavy (non-hydrogen) atoms. The van der Waals surface area contributed by atoms with Gasteiger partial charge in [0, 0.05) is 13.1 Å². The highest BCUT2D eigenvalue weighted by Crippen LogP contribution is 2.17. The number of aliphatic imine (C=N–C) groups is 1. The van der Waals surface area contributed by atoms with Crippen molar-refractivity contribution in [2.75, 3.05) is 30.5 Å². The van der Waals surface area contributed by atoms with Gasteiger partial charge >= 0.3 is 0 Å². The normalized spacial score (nSPS) is 10.2. The summed E-state index contributed by atoms with van der Waals surface area (Å²) in [6.45, 7) is 5.96. The molecule has 1 heterocycles. The summed E-state index contributed by atoms with van der Waals surface area (Å²) in [5.74, 6) is 1.28. The number of aromatic nitrogens is 3. The number of hydrogen-bond acceptors (Lipinski definition) is 6. The lowest BCUT2D eigenvalue weighted by Crippen LogP contribution is -2.22. The minimum atomic E-state index is 0.570. The van der Waals surface area contributed by atoms with Gasteiger partial charge in [-0.2, -0.15) is 9.98 Å². The molecule has 0 aliphatic rings. The lowest BCUT2D eigenvalue weighted by molar-refractivity contribution is 0.824. The van der Waals surface area contributed by atoms with E-state index in [0.29, 0.717) is 11.9 Å². The van der Waals surface area contributed by atoms with Crippen LogP contribution in [0, 0.1) is 0 Å². The lowest BCUT2D eigenvalue weighted by Gasteiger charge is -2.14. The van der Waals surface area contributed by atoms with Crippen LogP contribution in [0.1, 0.15) is 13.8 Å². The number of anilines is 1. The van der Waals surface area contributed by atoms with Gasteiger partial charge < -0.3 is 4.90 Å². The fourth-order valence-corrected chi connectivity index (χ4v) is 2.23. The molecule has 1 N–H and O–H groups in total. The van der Waals surface area contributed by atoms with Gasteiger partial charge in [0.15, 0.2) is 0 Å². The van der Waals surface area contributed by atoms with E-state index in [2.05, 4.69) is 38.9 Å². The van der Waals surface area contributed by atoms with Crippen molar-refractivity contribution < 1.29 is 0 Å². The van der Waals surface area contributed by atoms with Crippen molar-refractivity contribution in [1.82, 2.24) is 15.2 Å². The summed E-state index contributed by atoms with van der Waals surface area (Å²) in [4.78, 5) is 10.8. The second kappa shape index (κ2) is 6.80. The predicted octanol–water partition coefficient (Wildman–Crippen LogP) is 2.36. The third-order valence-corrected chi connectivity index (χ3v) is 3.94. The van der Waals surface area contributed by atoms with Crippen molar-refractivity contribution in [3.8, 4) is 0 Å². The zero-order valence-electron chi connectivity index (χ0n) is 10.0. The van der Waals surface area contributed by atoms with Crippen molar-refractivity contribution in [3.05, 3.63) is 0 Å².